The number of nitrogens with zero attached hydrogens (tertiary/aromatic N) is 2. The van der Waals surface area contributed by atoms with Crippen LogP contribution in [0.25, 0.3) is 0 Å². The van der Waals surface area contributed by atoms with E-state index in [0.29, 0.717) is 21.9 Å². The molecule has 0 radical (unpaired) electrons. The lowest BCUT2D eigenvalue weighted by atomic mass is 10.2. The standard InChI is InChI=1S/C18H15BrF2N4O2/c19-14-9-22-18(23-12-5-7-13(8-6-12)27-17(20)21)25-16(14)24-15-4-2-1-3-11(15)10-26/h1-9,17,26H,10H2,(H2,22,23,24,25). The lowest BCUT2D eigenvalue weighted by Gasteiger charge is -2.13. The molecule has 6 nitrogen and oxygen atoms in total. The fraction of sp³-hybridized carbons (Fsp3) is 0.111. The Morgan fingerprint density at radius 3 is 2.52 bits per heavy atom. The van der Waals surface area contributed by atoms with Gasteiger partial charge in [0, 0.05) is 23.1 Å². The SMILES string of the molecule is OCc1ccccc1Nc1nc(Nc2ccc(OC(F)F)cc2)ncc1Br. The van der Waals surface area contributed by atoms with E-state index in [0.717, 1.165) is 11.3 Å². The number of aromatic nitrogens is 2. The average molecular weight is 437 g/mol. The van der Waals surface area contributed by atoms with Gasteiger partial charge in [0.2, 0.25) is 5.95 Å². The van der Waals surface area contributed by atoms with Gasteiger partial charge in [0.05, 0.1) is 11.1 Å². The fourth-order valence-corrected chi connectivity index (χ4v) is 2.56. The van der Waals surface area contributed by atoms with Gasteiger partial charge in [0.15, 0.2) is 0 Å². The Morgan fingerprint density at radius 2 is 1.81 bits per heavy atom. The van der Waals surface area contributed by atoms with Crippen LogP contribution in [0, 0.1) is 0 Å². The topological polar surface area (TPSA) is 79.3 Å². The molecule has 0 bridgehead atoms. The highest BCUT2D eigenvalue weighted by Crippen LogP contribution is 2.27. The monoisotopic (exact) mass is 436 g/mol. The normalized spacial score (nSPS) is 10.7. The quantitative estimate of drug-likeness (QED) is 0.492. The number of benzene rings is 2. The number of hydrogen-bond acceptors (Lipinski definition) is 6. The predicted octanol–water partition coefficient (Wildman–Crippen LogP) is 4.82. The summed E-state index contributed by atoms with van der Waals surface area (Å²) in [5.74, 6) is 0.881. The number of para-hydroxylation sites is 1. The van der Waals surface area contributed by atoms with Crippen LogP contribution < -0.4 is 15.4 Å². The third kappa shape index (κ3) is 5.11. The van der Waals surface area contributed by atoms with Crippen LogP contribution in [0.3, 0.4) is 0 Å². The molecule has 0 saturated heterocycles. The molecule has 9 heteroatoms. The van der Waals surface area contributed by atoms with Crippen molar-refractivity contribution in [1.82, 2.24) is 9.97 Å². The van der Waals surface area contributed by atoms with E-state index in [1.165, 1.54) is 12.1 Å². The van der Waals surface area contributed by atoms with E-state index < -0.39 is 6.61 Å². The number of ether oxygens (including phenoxy) is 1. The molecule has 3 N–H and O–H groups in total. The Hall–Kier alpha value is -2.78. The minimum Gasteiger partial charge on any atom is -0.435 e. The summed E-state index contributed by atoms with van der Waals surface area (Å²) in [6.07, 6.45) is 1.58. The number of halogens is 3. The molecule has 1 aromatic heterocycles. The Labute approximate surface area is 162 Å². The third-order valence-corrected chi connectivity index (χ3v) is 4.10. The van der Waals surface area contributed by atoms with Crippen LogP contribution >= 0.6 is 15.9 Å². The minimum atomic E-state index is -2.87. The van der Waals surface area contributed by atoms with Crippen LogP contribution in [0.15, 0.2) is 59.2 Å². The van der Waals surface area contributed by atoms with Crippen LogP contribution in [0.5, 0.6) is 5.75 Å². The molecule has 1 heterocycles. The summed E-state index contributed by atoms with van der Waals surface area (Å²) in [5.41, 5.74) is 2.06. The van der Waals surface area contributed by atoms with Crippen LogP contribution in [0.4, 0.5) is 31.9 Å². The Balaban J connectivity index is 1.77. The highest BCUT2D eigenvalue weighted by molar-refractivity contribution is 9.10. The van der Waals surface area contributed by atoms with E-state index in [4.69, 9.17) is 0 Å². The van der Waals surface area contributed by atoms with E-state index in [1.54, 1.807) is 24.4 Å². The lowest BCUT2D eigenvalue weighted by molar-refractivity contribution is -0.0498. The van der Waals surface area contributed by atoms with Gasteiger partial charge in [-0.15, -0.1) is 0 Å². The lowest BCUT2D eigenvalue weighted by Crippen LogP contribution is -2.04. The number of aliphatic hydroxyl groups excluding tert-OH is 1. The summed E-state index contributed by atoms with van der Waals surface area (Å²) in [6, 6.07) is 13.3. The summed E-state index contributed by atoms with van der Waals surface area (Å²) in [5, 5.41) is 15.6. The van der Waals surface area contributed by atoms with Crippen molar-refractivity contribution in [3.8, 4) is 5.75 Å². The first kappa shape index (κ1) is 19.0. The van der Waals surface area contributed by atoms with Gasteiger partial charge in [-0.25, -0.2) is 4.98 Å². The van der Waals surface area contributed by atoms with Crippen molar-refractivity contribution in [2.45, 2.75) is 13.2 Å². The smallest absolute Gasteiger partial charge is 0.387 e. The second kappa shape index (κ2) is 8.74. The molecule has 0 aliphatic rings. The maximum Gasteiger partial charge on any atom is 0.387 e. The Morgan fingerprint density at radius 1 is 1.07 bits per heavy atom. The Bertz CT molecular complexity index is 910. The maximum atomic E-state index is 12.2. The van der Waals surface area contributed by atoms with Crippen LogP contribution in [-0.2, 0) is 6.61 Å². The highest BCUT2D eigenvalue weighted by Gasteiger charge is 2.09. The van der Waals surface area contributed by atoms with Crippen molar-refractivity contribution >= 4 is 39.1 Å². The molecule has 2 aromatic carbocycles. The molecule has 0 aliphatic carbocycles. The zero-order chi connectivity index (χ0) is 19.2. The van der Waals surface area contributed by atoms with E-state index in [9.17, 15) is 13.9 Å². The summed E-state index contributed by atoms with van der Waals surface area (Å²) in [7, 11) is 0. The first-order valence-electron chi connectivity index (χ1n) is 7.85. The van der Waals surface area contributed by atoms with Gasteiger partial charge in [-0.05, 0) is 46.3 Å². The average Bonchev–Trinajstić information content (AvgIpc) is 2.66. The molecule has 0 unspecified atom stereocenters. The number of anilines is 4. The van der Waals surface area contributed by atoms with Crippen molar-refractivity contribution in [1.29, 1.82) is 0 Å². The molecule has 0 fully saturated rings. The zero-order valence-corrected chi connectivity index (χ0v) is 15.5. The number of nitrogens with one attached hydrogen (secondary N) is 2. The maximum absolute atomic E-state index is 12.2. The minimum absolute atomic E-state index is 0.0650. The van der Waals surface area contributed by atoms with Crippen molar-refractivity contribution in [2.24, 2.45) is 0 Å². The van der Waals surface area contributed by atoms with Gasteiger partial charge >= 0.3 is 6.61 Å². The highest BCUT2D eigenvalue weighted by atomic mass is 79.9. The predicted molar refractivity (Wildman–Crippen MR) is 102 cm³/mol. The summed E-state index contributed by atoms with van der Waals surface area (Å²) >= 11 is 3.39. The van der Waals surface area contributed by atoms with Gasteiger partial charge in [-0.3, -0.25) is 0 Å². The third-order valence-electron chi connectivity index (χ3n) is 3.52. The molecule has 0 amide bonds. The van der Waals surface area contributed by atoms with E-state index in [2.05, 4.69) is 41.3 Å². The number of rotatable bonds is 7. The van der Waals surface area contributed by atoms with Gasteiger partial charge in [-0.1, -0.05) is 18.2 Å². The van der Waals surface area contributed by atoms with Gasteiger partial charge in [0.1, 0.15) is 11.6 Å². The molecule has 3 rings (SSSR count). The van der Waals surface area contributed by atoms with Gasteiger partial charge < -0.3 is 20.5 Å². The molecular weight excluding hydrogens is 422 g/mol. The first-order chi connectivity index (χ1) is 13.0. The van der Waals surface area contributed by atoms with Crippen molar-refractivity contribution in [3.63, 3.8) is 0 Å². The molecule has 0 spiro atoms. The van der Waals surface area contributed by atoms with Gasteiger partial charge in [-0.2, -0.15) is 13.8 Å². The summed E-state index contributed by atoms with van der Waals surface area (Å²) in [4.78, 5) is 8.58. The number of aliphatic hydroxyl groups is 1. The second-order valence-corrected chi connectivity index (χ2v) is 6.21. The number of hydrogen-bond donors (Lipinski definition) is 3. The largest absolute Gasteiger partial charge is 0.435 e. The van der Waals surface area contributed by atoms with E-state index >= 15 is 0 Å². The number of alkyl halides is 2. The Kier molecular flexibility index (Phi) is 6.15. The van der Waals surface area contributed by atoms with Crippen molar-refractivity contribution in [3.05, 3.63) is 64.8 Å². The molecule has 140 valence electrons. The summed E-state index contributed by atoms with van der Waals surface area (Å²) < 4.78 is 29.4. The van der Waals surface area contributed by atoms with Gasteiger partial charge in [0.25, 0.3) is 0 Å². The summed E-state index contributed by atoms with van der Waals surface area (Å²) in [6.45, 7) is -2.97. The molecule has 3 aromatic rings. The first-order valence-corrected chi connectivity index (χ1v) is 8.64. The van der Waals surface area contributed by atoms with E-state index in [-0.39, 0.29) is 12.4 Å². The molecule has 0 atom stereocenters. The molecule has 0 aliphatic heterocycles. The van der Waals surface area contributed by atoms with Crippen molar-refractivity contribution in [2.75, 3.05) is 10.6 Å². The second-order valence-electron chi connectivity index (χ2n) is 5.36. The van der Waals surface area contributed by atoms with Crippen LogP contribution in [0.2, 0.25) is 0 Å². The van der Waals surface area contributed by atoms with E-state index in [1.807, 2.05) is 18.2 Å². The van der Waals surface area contributed by atoms with Crippen LogP contribution in [0.1, 0.15) is 5.56 Å². The zero-order valence-electron chi connectivity index (χ0n) is 13.9. The van der Waals surface area contributed by atoms with Crippen LogP contribution in [-0.4, -0.2) is 21.7 Å². The fourth-order valence-electron chi connectivity index (χ4n) is 2.27. The molecule has 0 saturated carbocycles. The molecular formula is C18H15BrF2N4O2. The molecule has 27 heavy (non-hydrogen) atoms. The van der Waals surface area contributed by atoms with Crippen molar-refractivity contribution < 1.29 is 18.6 Å².